The maximum absolute atomic E-state index is 14.9. The number of amides is 2. The monoisotopic (exact) mass is 567 g/mol. The Hall–Kier alpha value is -2.42. The van der Waals surface area contributed by atoms with E-state index in [0.717, 1.165) is 6.07 Å². The quantitative estimate of drug-likeness (QED) is 0.189. The van der Waals surface area contributed by atoms with Crippen LogP contribution in [0.5, 0.6) is 0 Å². The highest BCUT2D eigenvalue weighted by atomic mass is 127. The lowest BCUT2D eigenvalue weighted by atomic mass is 10.1. The van der Waals surface area contributed by atoms with E-state index in [1.54, 1.807) is 6.07 Å². The number of halogens is 4. The van der Waals surface area contributed by atoms with Crippen LogP contribution >= 0.6 is 22.6 Å². The average molecular weight is 567 g/mol. The van der Waals surface area contributed by atoms with Gasteiger partial charge < -0.3 is 20.5 Å². The first kappa shape index (κ1) is 25.8. The zero-order valence-electron chi connectivity index (χ0n) is 16.9. The zero-order valence-corrected chi connectivity index (χ0v) is 19.1. The summed E-state index contributed by atoms with van der Waals surface area (Å²) in [6.45, 7) is -1.10. The average Bonchev–Trinajstić information content (AvgIpc) is 2.77. The Morgan fingerprint density at radius 1 is 1.12 bits per heavy atom. The SMILES string of the molecule is CNC(=O)CCOCc1cc(C(=O)NOCCO)c(Nc2ccc(I)cc2F)c(F)c1F. The van der Waals surface area contributed by atoms with E-state index in [1.807, 2.05) is 28.1 Å². The fourth-order valence-corrected chi connectivity index (χ4v) is 2.95. The zero-order chi connectivity index (χ0) is 23.7. The van der Waals surface area contributed by atoms with Gasteiger partial charge in [-0.05, 0) is 46.9 Å². The summed E-state index contributed by atoms with van der Waals surface area (Å²) in [4.78, 5) is 28.5. The largest absolute Gasteiger partial charge is 0.394 e. The van der Waals surface area contributed by atoms with E-state index >= 15 is 0 Å². The van der Waals surface area contributed by atoms with Gasteiger partial charge in [-0.25, -0.2) is 18.7 Å². The number of rotatable bonds is 11. The summed E-state index contributed by atoms with van der Waals surface area (Å²) in [5, 5.41) is 13.6. The number of hydrogen-bond donors (Lipinski definition) is 4. The number of nitrogens with one attached hydrogen (secondary N) is 3. The molecular formula is C20H21F3IN3O5. The first-order valence-electron chi connectivity index (χ1n) is 9.32. The second-order valence-electron chi connectivity index (χ2n) is 6.31. The van der Waals surface area contributed by atoms with Crippen molar-refractivity contribution in [2.75, 3.05) is 32.2 Å². The molecule has 2 rings (SSSR count). The Labute approximate surface area is 195 Å². The van der Waals surface area contributed by atoms with E-state index in [0.29, 0.717) is 3.57 Å². The summed E-state index contributed by atoms with van der Waals surface area (Å²) in [6, 6.07) is 5.06. The van der Waals surface area contributed by atoms with Crippen molar-refractivity contribution in [2.24, 2.45) is 0 Å². The molecular weight excluding hydrogens is 546 g/mol. The molecule has 2 aromatic rings. The third kappa shape index (κ3) is 7.05. The molecule has 4 N–H and O–H groups in total. The van der Waals surface area contributed by atoms with Crippen molar-refractivity contribution in [3.8, 4) is 0 Å². The van der Waals surface area contributed by atoms with Gasteiger partial charge in [-0.15, -0.1) is 0 Å². The number of hydroxylamine groups is 1. The van der Waals surface area contributed by atoms with Crippen molar-refractivity contribution in [2.45, 2.75) is 13.0 Å². The van der Waals surface area contributed by atoms with E-state index in [2.05, 4.69) is 10.6 Å². The Morgan fingerprint density at radius 2 is 1.88 bits per heavy atom. The normalized spacial score (nSPS) is 10.7. The van der Waals surface area contributed by atoms with Crippen LogP contribution in [0.15, 0.2) is 24.3 Å². The second kappa shape index (κ2) is 12.6. The molecule has 0 heterocycles. The van der Waals surface area contributed by atoms with Crippen molar-refractivity contribution >= 4 is 45.8 Å². The van der Waals surface area contributed by atoms with Crippen LogP contribution in [0.3, 0.4) is 0 Å². The predicted octanol–water partition coefficient (Wildman–Crippen LogP) is 2.76. The van der Waals surface area contributed by atoms with Gasteiger partial charge in [-0.2, -0.15) is 0 Å². The minimum atomic E-state index is -1.43. The van der Waals surface area contributed by atoms with Gasteiger partial charge >= 0.3 is 0 Å². The molecule has 0 unspecified atom stereocenters. The topological polar surface area (TPSA) is 109 Å². The number of aliphatic hydroxyl groups is 1. The van der Waals surface area contributed by atoms with Gasteiger partial charge in [-0.3, -0.25) is 14.4 Å². The molecule has 0 aliphatic carbocycles. The van der Waals surface area contributed by atoms with Gasteiger partial charge in [0.25, 0.3) is 5.91 Å². The molecule has 0 saturated carbocycles. The van der Waals surface area contributed by atoms with Gasteiger partial charge in [0.15, 0.2) is 11.6 Å². The fraction of sp³-hybridized carbons (Fsp3) is 0.300. The summed E-state index contributed by atoms with van der Waals surface area (Å²) in [5.74, 6) is -4.72. The van der Waals surface area contributed by atoms with Gasteiger partial charge in [0.2, 0.25) is 5.91 Å². The van der Waals surface area contributed by atoms with Gasteiger partial charge in [0.1, 0.15) is 5.82 Å². The van der Waals surface area contributed by atoms with Crippen LogP contribution in [0.4, 0.5) is 24.5 Å². The molecule has 0 spiro atoms. The highest BCUT2D eigenvalue weighted by Crippen LogP contribution is 2.31. The first-order chi connectivity index (χ1) is 15.3. The van der Waals surface area contributed by atoms with Crippen molar-refractivity contribution < 1.29 is 37.4 Å². The lowest BCUT2D eigenvalue weighted by Crippen LogP contribution is -2.27. The number of aliphatic hydroxyl groups excluding tert-OH is 1. The highest BCUT2D eigenvalue weighted by molar-refractivity contribution is 14.1. The molecule has 2 aromatic carbocycles. The smallest absolute Gasteiger partial charge is 0.277 e. The van der Waals surface area contributed by atoms with Crippen LogP contribution in [0.1, 0.15) is 22.3 Å². The highest BCUT2D eigenvalue weighted by Gasteiger charge is 2.24. The van der Waals surface area contributed by atoms with Crippen LogP contribution < -0.4 is 16.1 Å². The van der Waals surface area contributed by atoms with Crippen LogP contribution in [-0.4, -0.2) is 43.8 Å². The number of carbonyl (C=O) groups excluding carboxylic acids is 2. The Balaban J connectivity index is 2.36. The maximum atomic E-state index is 14.9. The lowest BCUT2D eigenvalue weighted by Gasteiger charge is -2.17. The minimum Gasteiger partial charge on any atom is -0.394 e. The molecule has 8 nitrogen and oxygen atoms in total. The molecule has 174 valence electrons. The van der Waals surface area contributed by atoms with Crippen LogP contribution in [-0.2, 0) is 21.0 Å². The van der Waals surface area contributed by atoms with Crippen LogP contribution in [0.2, 0.25) is 0 Å². The number of anilines is 2. The lowest BCUT2D eigenvalue weighted by molar-refractivity contribution is -0.121. The fourth-order valence-electron chi connectivity index (χ4n) is 2.50. The van der Waals surface area contributed by atoms with E-state index in [-0.39, 0.29) is 49.0 Å². The number of ether oxygens (including phenoxy) is 1. The molecule has 0 fully saturated rings. The van der Waals surface area contributed by atoms with E-state index in [9.17, 15) is 22.8 Å². The molecule has 0 aliphatic heterocycles. The van der Waals surface area contributed by atoms with Gasteiger partial charge in [0.05, 0.1) is 43.4 Å². The molecule has 0 aliphatic rings. The van der Waals surface area contributed by atoms with Crippen molar-refractivity contribution in [1.82, 2.24) is 10.8 Å². The van der Waals surface area contributed by atoms with Crippen LogP contribution in [0, 0.1) is 21.0 Å². The summed E-state index contributed by atoms with van der Waals surface area (Å²) in [6.07, 6.45) is 0.00860. The third-order valence-electron chi connectivity index (χ3n) is 4.09. The molecule has 12 heteroatoms. The second-order valence-corrected chi connectivity index (χ2v) is 7.56. The molecule has 0 saturated heterocycles. The Bertz CT molecular complexity index is 978. The van der Waals surface area contributed by atoms with Gasteiger partial charge in [-0.1, -0.05) is 0 Å². The number of carbonyl (C=O) groups is 2. The summed E-state index contributed by atoms with van der Waals surface area (Å²) in [7, 11) is 1.45. The molecule has 0 radical (unpaired) electrons. The van der Waals surface area contributed by atoms with Crippen molar-refractivity contribution in [3.63, 3.8) is 0 Å². The molecule has 32 heavy (non-hydrogen) atoms. The number of benzene rings is 2. The minimum absolute atomic E-state index is 0.00860. The summed E-state index contributed by atoms with van der Waals surface area (Å²) >= 11 is 1.89. The van der Waals surface area contributed by atoms with Crippen LogP contribution in [0.25, 0.3) is 0 Å². The standard InChI is InChI=1S/C20H21F3IN3O5/c1-25-16(29)4-6-31-10-11-8-13(20(30)27-32-7-5-28)19(18(23)17(11)22)26-15-3-2-12(24)9-14(15)21/h2-3,8-9,26,28H,4-7,10H2,1H3,(H,25,29)(H,27,30). The number of hydrogen-bond acceptors (Lipinski definition) is 6. The summed E-state index contributed by atoms with van der Waals surface area (Å²) < 4.78 is 49.6. The third-order valence-corrected chi connectivity index (χ3v) is 4.76. The Morgan fingerprint density at radius 3 is 2.53 bits per heavy atom. The Kier molecular flexibility index (Phi) is 10.2. The summed E-state index contributed by atoms with van der Waals surface area (Å²) in [5.41, 5.74) is 0.534. The molecule has 0 bridgehead atoms. The van der Waals surface area contributed by atoms with Gasteiger partial charge in [0, 0.05) is 22.6 Å². The maximum Gasteiger partial charge on any atom is 0.277 e. The van der Waals surface area contributed by atoms with E-state index in [1.165, 1.54) is 19.2 Å². The van der Waals surface area contributed by atoms with E-state index < -0.39 is 35.7 Å². The van der Waals surface area contributed by atoms with E-state index in [4.69, 9.17) is 14.7 Å². The van der Waals surface area contributed by atoms with Crippen molar-refractivity contribution in [1.29, 1.82) is 0 Å². The predicted molar refractivity (Wildman–Crippen MR) is 118 cm³/mol. The molecule has 2 amide bonds. The van der Waals surface area contributed by atoms with Crippen molar-refractivity contribution in [3.05, 3.63) is 56.4 Å². The molecule has 0 atom stereocenters. The molecule has 0 aromatic heterocycles. The first-order valence-corrected chi connectivity index (χ1v) is 10.4.